The number of carbonyl (C=O) groups is 1. The van der Waals surface area contributed by atoms with Gasteiger partial charge in [0.05, 0.1) is 0 Å². The van der Waals surface area contributed by atoms with E-state index in [1.807, 2.05) is 24.3 Å². The molecule has 4 heteroatoms. The van der Waals surface area contributed by atoms with Crippen LogP contribution in [0.1, 0.15) is 39.5 Å². The minimum Gasteiger partial charge on any atom is -0.371 e. The quantitative estimate of drug-likeness (QED) is 0.889. The van der Waals surface area contributed by atoms with Gasteiger partial charge in [0, 0.05) is 10.7 Å². The van der Waals surface area contributed by atoms with Crippen LogP contribution in [0.25, 0.3) is 0 Å². The highest BCUT2D eigenvalue weighted by Gasteiger charge is 2.51. The molecule has 19 heavy (non-hydrogen) atoms. The average Bonchev–Trinajstić information content (AvgIpc) is 2.34. The number of primary amides is 1. The second-order valence-electron chi connectivity index (χ2n) is 5.99. The molecule has 0 saturated heterocycles. The number of anilines is 1. The molecule has 1 unspecified atom stereocenters. The molecule has 0 aromatic heterocycles. The molecule has 1 saturated carbocycles. The summed E-state index contributed by atoms with van der Waals surface area (Å²) in [5, 5.41) is 4.06. The van der Waals surface area contributed by atoms with Gasteiger partial charge in [-0.15, -0.1) is 0 Å². The van der Waals surface area contributed by atoms with E-state index in [0.717, 1.165) is 31.4 Å². The highest BCUT2D eigenvalue weighted by atomic mass is 35.5. The van der Waals surface area contributed by atoms with Gasteiger partial charge in [0.1, 0.15) is 5.54 Å². The van der Waals surface area contributed by atoms with Crippen molar-refractivity contribution in [1.82, 2.24) is 0 Å². The molecule has 1 aliphatic rings. The number of carbonyl (C=O) groups excluding carboxylic acids is 1. The van der Waals surface area contributed by atoms with Gasteiger partial charge in [-0.2, -0.15) is 0 Å². The monoisotopic (exact) mass is 280 g/mol. The molecule has 3 N–H and O–H groups in total. The van der Waals surface area contributed by atoms with E-state index >= 15 is 0 Å². The first kappa shape index (κ1) is 14.2. The molecule has 2 rings (SSSR count). The van der Waals surface area contributed by atoms with Gasteiger partial charge in [0.2, 0.25) is 5.91 Å². The molecule has 0 bridgehead atoms. The molecule has 104 valence electrons. The van der Waals surface area contributed by atoms with Gasteiger partial charge in [0.25, 0.3) is 0 Å². The number of hydrogen-bond donors (Lipinski definition) is 2. The van der Waals surface area contributed by atoms with E-state index in [-0.39, 0.29) is 11.3 Å². The average molecular weight is 281 g/mol. The van der Waals surface area contributed by atoms with Gasteiger partial charge in [0.15, 0.2) is 0 Å². The van der Waals surface area contributed by atoms with Crippen LogP contribution in [0.2, 0.25) is 5.02 Å². The maximum absolute atomic E-state index is 12.1. The van der Waals surface area contributed by atoms with Crippen LogP contribution >= 0.6 is 11.6 Å². The maximum atomic E-state index is 12.1. The minimum absolute atomic E-state index is 0.156. The van der Waals surface area contributed by atoms with Gasteiger partial charge in [-0.1, -0.05) is 38.3 Å². The first-order valence-electron chi connectivity index (χ1n) is 6.71. The van der Waals surface area contributed by atoms with Crippen molar-refractivity contribution in [2.45, 2.75) is 45.1 Å². The highest BCUT2D eigenvalue weighted by Crippen LogP contribution is 2.45. The standard InChI is InChI=1S/C15H21ClN2O/c1-14(2)9-3-4-10-15(14,13(17)19)18-12-7-5-11(16)6-8-12/h5-8,18H,3-4,9-10H2,1-2H3,(H2,17,19). The van der Waals surface area contributed by atoms with Crippen molar-refractivity contribution in [3.8, 4) is 0 Å². The van der Waals surface area contributed by atoms with E-state index in [2.05, 4.69) is 19.2 Å². The van der Waals surface area contributed by atoms with Crippen molar-refractivity contribution in [2.24, 2.45) is 11.1 Å². The second kappa shape index (κ2) is 5.04. The SMILES string of the molecule is CC1(C)CCCCC1(Nc1ccc(Cl)cc1)C(N)=O. The fourth-order valence-corrected chi connectivity index (χ4v) is 3.16. The fraction of sp³-hybridized carbons (Fsp3) is 0.533. The predicted molar refractivity (Wildman–Crippen MR) is 79.2 cm³/mol. The number of nitrogens with one attached hydrogen (secondary N) is 1. The largest absolute Gasteiger partial charge is 0.371 e. The third kappa shape index (κ3) is 2.57. The van der Waals surface area contributed by atoms with E-state index < -0.39 is 5.54 Å². The van der Waals surface area contributed by atoms with Crippen LogP contribution in [0.3, 0.4) is 0 Å². The van der Waals surface area contributed by atoms with E-state index in [1.54, 1.807) is 0 Å². The number of hydrogen-bond acceptors (Lipinski definition) is 2. The topological polar surface area (TPSA) is 55.1 Å². The lowest BCUT2D eigenvalue weighted by molar-refractivity contribution is -0.127. The van der Waals surface area contributed by atoms with Crippen LogP contribution in [-0.4, -0.2) is 11.4 Å². The van der Waals surface area contributed by atoms with E-state index in [0.29, 0.717) is 5.02 Å². The highest BCUT2D eigenvalue weighted by molar-refractivity contribution is 6.30. The summed E-state index contributed by atoms with van der Waals surface area (Å²) in [7, 11) is 0. The fourth-order valence-electron chi connectivity index (χ4n) is 3.04. The molecule has 1 fully saturated rings. The van der Waals surface area contributed by atoms with Gasteiger partial charge >= 0.3 is 0 Å². The molecule has 0 aliphatic heterocycles. The lowest BCUT2D eigenvalue weighted by atomic mass is 9.62. The zero-order valence-electron chi connectivity index (χ0n) is 11.5. The summed E-state index contributed by atoms with van der Waals surface area (Å²) < 4.78 is 0. The summed E-state index contributed by atoms with van der Waals surface area (Å²) in [6.07, 6.45) is 3.94. The smallest absolute Gasteiger partial charge is 0.243 e. The Bertz CT molecular complexity index is 470. The molecule has 1 aromatic rings. The zero-order valence-corrected chi connectivity index (χ0v) is 12.3. The van der Waals surface area contributed by atoms with Crippen LogP contribution < -0.4 is 11.1 Å². The van der Waals surface area contributed by atoms with Crippen LogP contribution in [0, 0.1) is 5.41 Å². The van der Waals surface area contributed by atoms with Gasteiger partial charge in [-0.25, -0.2) is 0 Å². The Morgan fingerprint density at radius 3 is 2.32 bits per heavy atom. The van der Waals surface area contributed by atoms with Crippen molar-refractivity contribution in [2.75, 3.05) is 5.32 Å². The number of rotatable bonds is 3. The number of amides is 1. The first-order chi connectivity index (χ1) is 8.87. The third-order valence-corrected chi connectivity index (χ3v) is 4.63. The lowest BCUT2D eigenvalue weighted by Gasteiger charge is -2.49. The van der Waals surface area contributed by atoms with Crippen molar-refractivity contribution in [3.63, 3.8) is 0 Å². The molecule has 1 aliphatic carbocycles. The third-order valence-electron chi connectivity index (χ3n) is 4.38. The second-order valence-corrected chi connectivity index (χ2v) is 6.43. The van der Waals surface area contributed by atoms with E-state index in [9.17, 15) is 4.79 Å². The Kier molecular flexibility index (Phi) is 3.77. The van der Waals surface area contributed by atoms with Crippen LogP contribution in [-0.2, 0) is 4.79 Å². The molecular weight excluding hydrogens is 260 g/mol. The predicted octanol–water partition coefficient (Wildman–Crippen LogP) is 3.58. The molecule has 0 heterocycles. The van der Waals surface area contributed by atoms with E-state index in [1.165, 1.54) is 0 Å². The summed E-state index contributed by atoms with van der Waals surface area (Å²) in [5.74, 6) is -0.271. The Morgan fingerprint density at radius 1 is 1.21 bits per heavy atom. The summed E-state index contributed by atoms with van der Waals surface area (Å²) in [4.78, 5) is 12.1. The van der Waals surface area contributed by atoms with Crippen LogP contribution in [0.15, 0.2) is 24.3 Å². The summed E-state index contributed by atoms with van der Waals surface area (Å²) in [6, 6.07) is 7.40. The molecule has 1 aromatic carbocycles. The summed E-state index contributed by atoms with van der Waals surface area (Å²) in [6.45, 7) is 4.22. The maximum Gasteiger partial charge on any atom is 0.243 e. The van der Waals surface area contributed by atoms with Crippen LogP contribution in [0.4, 0.5) is 5.69 Å². The molecule has 0 radical (unpaired) electrons. The Morgan fingerprint density at radius 2 is 1.79 bits per heavy atom. The first-order valence-corrected chi connectivity index (χ1v) is 7.09. The lowest BCUT2D eigenvalue weighted by Crippen LogP contribution is -2.61. The summed E-state index contributed by atoms with van der Waals surface area (Å²) >= 11 is 5.89. The van der Waals surface area contributed by atoms with Crippen molar-refractivity contribution in [1.29, 1.82) is 0 Å². The van der Waals surface area contributed by atoms with E-state index in [4.69, 9.17) is 17.3 Å². The molecule has 3 nitrogen and oxygen atoms in total. The van der Waals surface area contributed by atoms with Crippen molar-refractivity contribution < 1.29 is 4.79 Å². The van der Waals surface area contributed by atoms with Crippen molar-refractivity contribution in [3.05, 3.63) is 29.3 Å². The Balaban J connectivity index is 2.34. The Labute approximate surface area is 119 Å². The zero-order chi connectivity index (χ0) is 14.1. The number of nitrogens with two attached hydrogens (primary N) is 1. The number of benzene rings is 1. The van der Waals surface area contributed by atoms with Crippen LogP contribution in [0.5, 0.6) is 0 Å². The van der Waals surface area contributed by atoms with Gasteiger partial charge in [-0.05, 0) is 42.5 Å². The molecule has 0 spiro atoms. The summed E-state index contributed by atoms with van der Waals surface area (Å²) in [5.41, 5.74) is 5.78. The Hall–Kier alpha value is -1.22. The minimum atomic E-state index is -0.681. The molecular formula is C15H21ClN2O. The van der Waals surface area contributed by atoms with Gasteiger partial charge < -0.3 is 11.1 Å². The molecule has 1 amide bonds. The molecule has 1 atom stereocenters. The van der Waals surface area contributed by atoms with Gasteiger partial charge in [-0.3, -0.25) is 4.79 Å². The van der Waals surface area contributed by atoms with Crippen molar-refractivity contribution >= 4 is 23.2 Å². The normalized spacial score (nSPS) is 25.8. The number of halogens is 1.